The molecular formula is C27H36BrN3O2. The van der Waals surface area contributed by atoms with Crippen LogP contribution in [0.5, 0.6) is 5.75 Å². The van der Waals surface area contributed by atoms with Crippen molar-refractivity contribution in [1.82, 2.24) is 15.1 Å². The predicted octanol–water partition coefficient (Wildman–Crippen LogP) is 5.47. The zero-order valence-electron chi connectivity index (χ0n) is 19.8. The molecule has 0 spiro atoms. The number of rotatable bonds is 8. The lowest BCUT2D eigenvalue weighted by atomic mass is 9.90. The molecule has 2 saturated heterocycles. The Balaban J connectivity index is 1.21. The van der Waals surface area contributed by atoms with Crippen LogP contribution in [0.4, 0.5) is 4.79 Å². The first kappa shape index (κ1) is 24.1. The summed E-state index contributed by atoms with van der Waals surface area (Å²) < 4.78 is 7.06. The van der Waals surface area contributed by atoms with Gasteiger partial charge in [-0.2, -0.15) is 0 Å². The molecule has 0 radical (unpaired) electrons. The molecule has 4 rings (SSSR count). The second-order valence-electron chi connectivity index (χ2n) is 9.71. The van der Waals surface area contributed by atoms with Gasteiger partial charge in [-0.3, -0.25) is 0 Å². The maximum absolute atomic E-state index is 12.6. The summed E-state index contributed by atoms with van der Waals surface area (Å²) >= 11 is 3.72. The standard InChI is InChI=1S/C27H36BrN3O2/c1-20(2)33-25-8-9-26(28)23(17-25)16-21-10-13-30(14-11-21)19-24-12-15-31(27(32)29-24)18-22-6-4-3-5-7-22/h3-9,17,20-21,24H,10-16,18-19H2,1-2H3,(H,29,32). The predicted molar refractivity (Wildman–Crippen MR) is 137 cm³/mol. The molecule has 2 amide bonds. The normalized spacial score (nSPS) is 20.2. The zero-order valence-corrected chi connectivity index (χ0v) is 21.4. The summed E-state index contributed by atoms with van der Waals surface area (Å²) in [5, 5.41) is 3.24. The van der Waals surface area contributed by atoms with E-state index in [9.17, 15) is 4.79 Å². The average Bonchev–Trinajstić information content (AvgIpc) is 2.79. The maximum atomic E-state index is 12.6. The molecule has 5 nitrogen and oxygen atoms in total. The minimum absolute atomic E-state index is 0.0679. The molecule has 1 atom stereocenters. The van der Waals surface area contributed by atoms with E-state index in [-0.39, 0.29) is 18.2 Å². The maximum Gasteiger partial charge on any atom is 0.317 e. The Bertz CT molecular complexity index is 913. The van der Waals surface area contributed by atoms with Crippen molar-refractivity contribution in [3.05, 3.63) is 64.1 Å². The number of likely N-dealkylation sites (tertiary alicyclic amines) is 1. The van der Waals surface area contributed by atoms with Gasteiger partial charge in [0.25, 0.3) is 0 Å². The highest BCUT2D eigenvalue weighted by Gasteiger charge is 2.28. The Hall–Kier alpha value is -2.05. The molecular weight excluding hydrogens is 478 g/mol. The van der Waals surface area contributed by atoms with Crippen molar-refractivity contribution >= 4 is 22.0 Å². The quantitative estimate of drug-likeness (QED) is 0.508. The number of halogens is 1. The van der Waals surface area contributed by atoms with Crippen LogP contribution in [0.25, 0.3) is 0 Å². The number of urea groups is 1. The van der Waals surface area contributed by atoms with Crippen molar-refractivity contribution < 1.29 is 9.53 Å². The number of hydrogen-bond donors (Lipinski definition) is 1. The van der Waals surface area contributed by atoms with Gasteiger partial charge in [0.05, 0.1) is 6.10 Å². The number of ether oxygens (including phenoxy) is 1. The first-order valence-corrected chi connectivity index (χ1v) is 13.0. The van der Waals surface area contributed by atoms with Crippen LogP contribution in [0.3, 0.4) is 0 Å². The van der Waals surface area contributed by atoms with Gasteiger partial charge in [-0.1, -0.05) is 46.3 Å². The first-order valence-electron chi connectivity index (χ1n) is 12.2. The lowest BCUT2D eigenvalue weighted by Gasteiger charge is -2.38. The molecule has 0 bridgehead atoms. The number of nitrogens with one attached hydrogen (secondary N) is 1. The van der Waals surface area contributed by atoms with Crippen LogP contribution in [0.1, 0.15) is 44.2 Å². The highest BCUT2D eigenvalue weighted by atomic mass is 79.9. The van der Waals surface area contributed by atoms with Crippen molar-refractivity contribution in [3.8, 4) is 5.75 Å². The highest BCUT2D eigenvalue weighted by molar-refractivity contribution is 9.10. The molecule has 1 unspecified atom stereocenters. The second kappa shape index (κ2) is 11.4. The molecule has 0 aliphatic carbocycles. The zero-order chi connectivity index (χ0) is 23.2. The Morgan fingerprint density at radius 3 is 2.52 bits per heavy atom. The molecule has 2 aromatic carbocycles. The molecule has 178 valence electrons. The molecule has 2 aromatic rings. The van der Waals surface area contributed by atoms with Gasteiger partial charge in [0.2, 0.25) is 0 Å². The van der Waals surface area contributed by atoms with Crippen LogP contribution in [-0.2, 0) is 13.0 Å². The van der Waals surface area contributed by atoms with Crippen molar-refractivity contribution in [3.63, 3.8) is 0 Å². The van der Waals surface area contributed by atoms with Gasteiger partial charge >= 0.3 is 6.03 Å². The van der Waals surface area contributed by atoms with E-state index in [1.165, 1.54) is 28.4 Å². The minimum Gasteiger partial charge on any atom is -0.491 e. The number of hydrogen-bond acceptors (Lipinski definition) is 3. The van der Waals surface area contributed by atoms with E-state index in [0.717, 1.165) is 44.8 Å². The van der Waals surface area contributed by atoms with Crippen LogP contribution < -0.4 is 10.1 Å². The van der Waals surface area contributed by atoms with E-state index in [0.29, 0.717) is 12.5 Å². The van der Waals surface area contributed by atoms with Crippen LogP contribution in [-0.4, -0.2) is 54.2 Å². The summed E-state index contributed by atoms with van der Waals surface area (Å²) in [5.41, 5.74) is 2.52. The summed E-state index contributed by atoms with van der Waals surface area (Å²) in [6, 6.07) is 16.9. The van der Waals surface area contributed by atoms with Gasteiger partial charge in [0.1, 0.15) is 5.75 Å². The van der Waals surface area contributed by atoms with E-state index < -0.39 is 0 Å². The molecule has 2 fully saturated rings. The third kappa shape index (κ3) is 6.97. The Morgan fingerprint density at radius 2 is 1.82 bits per heavy atom. The fourth-order valence-corrected chi connectivity index (χ4v) is 5.30. The summed E-state index contributed by atoms with van der Waals surface area (Å²) in [6.07, 6.45) is 4.67. The van der Waals surface area contributed by atoms with Crippen molar-refractivity contribution in [2.45, 2.75) is 58.2 Å². The van der Waals surface area contributed by atoms with Crippen LogP contribution >= 0.6 is 15.9 Å². The Labute approximate surface area is 206 Å². The molecule has 2 aliphatic heterocycles. The minimum atomic E-state index is 0.0679. The molecule has 0 saturated carbocycles. The van der Waals surface area contributed by atoms with Crippen molar-refractivity contribution in [2.75, 3.05) is 26.2 Å². The topological polar surface area (TPSA) is 44.8 Å². The number of carbonyl (C=O) groups is 1. The van der Waals surface area contributed by atoms with E-state index in [1.54, 1.807) is 0 Å². The average molecular weight is 515 g/mol. The summed E-state index contributed by atoms with van der Waals surface area (Å²) in [7, 11) is 0. The third-order valence-electron chi connectivity index (χ3n) is 6.66. The molecule has 33 heavy (non-hydrogen) atoms. The number of piperidine rings is 1. The van der Waals surface area contributed by atoms with E-state index in [1.807, 2.05) is 29.2 Å². The SMILES string of the molecule is CC(C)Oc1ccc(Br)c(CC2CCN(CC3CCN(Cc4ccccc4)C(=O)N3)CC2)c1. The molecule has 0 aromatic heterocycles. The third-order valence-corrected chi connectivity index (χ3v) is 7.44. The smallest absolute Gasteiger partial charge is 0.317 e. The van der Waals surface area contributed by atoms with Crippen molar-refractivity contribution in [1.29, 1.82) is 0 Å². The Morgan fingerprint density at radius 1 is 1.06 bits per heavy atom. The van der Waals surface area contributed by atoms with E-state index in [2.05, 4.69) is 64.3 Å². The van der Waals surface area contributed by atoms with E-state index >= 15 is 0 Å². The van der Waals surface area contributed by atoms with Gasteiger partial charge in [-0.25, -0.2) is 4.79 Å². The summed E-state index contributed by atoms with van der Waals surface area (Å²) in [4.78, 5) is 17.1. The lowest BCUT2D eigenvalue weighted by Crippen LogP contribution is -2.55. The first-order chi connectivity index (χ1) is 16.0. The van der Waals surface area contributed by atoms with Crippen LogP contribution in [0, 0.1) is 5.92 Å². The van der Waals surface area contributed by atoms with Gasteiger partial charge in [0, 0.05) is 30.1 Å². The van der Waals surface area contributed by atoms with Crippen molar-refractivity contribution in [2.24, 2.45) is 5.92 Å². The molecule has 2 aliphatic rings. The fourth-order valence-electron chi connectivity index (χ4n) is 4.89. The monoisotopic (exact) mass is 513 g/mol. The Kier molecular flexibility index (Phi) is 8.31. The summed E-state index contributed by atoms with van der Waals surface area (Å²) in [6.45, 7) is 8.79. The van der Waals surface area contributed by atoms with Crippen LogP contribution in [0.2, 0.25) is 0 Å². The molecule has 2 heterocycles. The number of carbonyl (C=O) groups excluding carboxylic acids is 1. The highest BCUT2D eigenvalue weighted by Crippen LogP contribution is 2.29. The number of amides is 2. The van der Waals surface area contributed by atoms with Crippen LogP contribution in [0.15, 0.2) is 53.0 Å². The van der Waals surface area contributed by atoms with Gasteiger partial charge in [-0.15, -0.1) is 0 Å². The lowest BCUT2D eigenvalue weighted by molar-refractivity contribution is 0.136. The van der Waals surface area contributed by atoms with Gasteiger partial charge in [0.15, 0.2) is 0 Å². The molecule has 1 N–H and O–H groups in total. The molecule has 6 heteroatoms. The second-order valence-corrected chi connectivity index (χ2v) is 10.6. The summed E-state index contributed by atoms with van der Waals surface area (Å²) in [5.74, 6) is 1.64. The largest absolute Gasteiger partial charge is 0.491 e. The number of benzene rings is 2. The van der Waals surface area contributed by atoms with Gasteiger partial charge < -0.3 is 19.9 Å². The fraction of sp³-hybridized carbons (Fsp3) is 0.519. The van der Waals surface area contributed by atoms with E-state index in [4.69, 9.17) is 4.74 Å². The number of nitrogens with zero attached hydrogens (tertiary/aromatic N) is 2. The van der Waals surface area contributed by atoms with Gasteiger partial charge in [-0.05, 0) is 87.9 Å².